The van der Waals surface area contributed by atoms with Crippen molar-refractivity contribution in [2.45, 2.75) is 0 Å². The average Bonchev–Trinajstić information content (AvgIpc) is 3.05. The Morgan fingerprint density at radius 2 is 1.55 bits per heavy atom. The summed E-state index contributed by atoms with van der Waals surface area (Å²) in [5, 5.41) is 5.78. The monoisotopic (exact) mass is 507 g/mol. The zero-order valence-corrected chi connectivity index (χ0v) is 18.3. The van der Waals surface area contributed by atoms with Crippen molar-refractivity contribution in [3.63, 3.8) is 0 Å². The van der Waals surface area contributed by atoms with E-state index in [9.17, 15) is 4.79 Å². The van der Waals surface area contributed by atoms with Gasteiger partial charge in [-0.3, -0.25) is 4.79 Å². The highest BCUT2D eigenvalue weighted by molar-refractivity contribution is 9.10. The maximum absolute atomic E-state index is 13.1. The Kier molecular flexibility index (Phi) is 5.83. The van der Waals surface area contributed by atoms with Crippen molar-refractivity contribution < 1.29 is 4.79 Å². The van der Waals surface area contributed by atoms with E-state index in [2.05, 4.69) is 42.0 Å². The summed E-state index contributed by atoms with van der Waals surface area (Å²) in [4.78, 5) is 17.7. The van der Waals surface area contributed by atoms with E-state index in [-0.39, 0.29) is 5.91 Å². The Morgan fingerprint density at radius 3 is 2.28 bits per heavy atom. The van der Waals surface area contributed by atoms with Gasteiger partial charge in [-0.15, -0.1) is 0 Å². The minimum Gasteiger partial charge on any atom is -0.265 e. The highest BCUT2D eigenvalue weighted by atomic mass is 79.9. The summed E-state index contributed by atoms with van der Waals surface area (Å²) in [6.07, 6.45) is 3.43. The maximum atomic E-state index is 13.1. The lowest BCUT2D eigenvalue weighted by Crippen LogP contribution is -2.27. The van der Waals surface area contributed by atoms with Crippen LogP contribution in [0.25, 0.3) is 6.08 Å². The smallest absolute Gasteiger partial charge is 0.265 e. The maximum Gasteiger partial charge on any atom is 0.298 e. The zero-order chi connectivity index (χ0) is 20.2. The van der Waals surface area contributed by atoms with Gasteiger partial charge >= 0.3 is 0 Å². The molecule has 0 bridgehead atoms. The molecular formula is C23H15Br2N3O. The summed E-state index contributed by atoms with van der Waals surface area (Å²) in [7, 11) is 0. The lowest BCUT2D eigenvalue weighted by Gasteiger charge is -2.11. The summed E-state index contributed by atoms with van der Waals surface area (Å²) < 4.78 is 1.88. The van der Waals surface area contributed by atoms with Gasteiger partial charge in [0.1, 0.15) is 5.70 Å². The molecule has 3 aromatic rings. The van der Waals surface area contributed by atoms with Gasteiger partial charge in [-0.05, 0) is 35.4 Å². The number of nitrogens with zero attached hydrogens (tertiary/aromatic N) is 3. The zero-order valence-electron chi connectivity index (χ0n) is 15.2. The molecule has 3 aromatic carbocycles. The van der Waals surface area contributed by atoms with Crippen molar-refractivity contribution in [2.24, 2.45) is 10.1 Å². The second kappa shape index (κ2) is 8.68. The van der Waals surface area contributed by atoms with Crippen LogP contribution in [-0.2, 0) is 4.79 Å². The summed E-state index contributed by atoms with van der Waals surface area (Å²) in [6.45, 7) is 0. The van der Waals surface area contributed by atoms with E-state index < -0.39 is 0 Å². The highest BCUT2D eigenvalue weighted by Gasteiger charge is 2.31. The average molecular weight is 509 g/mol. The molecule has 6 heteroatoms. The standard InChI is InChI=1S/C23H15Br2N3O/c24-19-12-10-16(11-13-19)15-26-28-22(17-6-2-1-3-7-17)27-21(23(28)29)14-18-8-4-5-9-20(18)25/h1-15H/b21-14+,26-15+. The van der Waals surface area contributed by atoms with Gasteiger partial charge in [0.05, 0.1) is 6.21 Å². The van der Waals surface area contributed by atoms with Crippen molar-refractivity contribution in [3.05, 3.63) is 110 Å². The van der Waals surface area contributed by atoms with Crippen LogP contribution in [0.3, 0.4) is 0 Å². The molecule has 0 saturated carbocycles. The molecule has 4 nitrogen and oxygen atoms in total. The molecule has 1 amide bonds. The molecule has 0 aromatic heterocycles. The van der Waals surface area contributed by atoms with Crippen molar-refractivity contribution in [2.75, 3.05) is 0 Å². The third-order valence-electron chi connectivity index (χ3n) is 4.26. The molecular weight excluding hydrogens is 494 g/mol. The van der Waals surface area contributed by atoms with Crippen LogP contribution in [-0.4, -0.2) is 23.0 Å². The van der Waals surface area contributed by atoms with Crippen LogP contribution >= 0.6 is 31.9 Å². The van der Waals surface area contributed by atoms with Gasteiger partial charge in [-0.1, -0.05) is 92.5 Å². The lowest BCUT2D eigenvalue weighted by molar-refractivity contribution is -0.122. The first-order valence-electron chi connectivity index (χ1n) is 8.86. The van der Waals surface area contributed by atoms with Crippen LogP contribution in [0.15, 0.2) is 104 Å². The van der Waals surface area contributed by atoms with E-state index in [0.29, 0.717) is 11.5 Å². The van der Waals surface area contributed by atoms with Gasteiger partial charge in [0, 0.05) is 14.5 Å². The second-order valence-electron chi connectivity index (χ2n) is 6.27. The molecule has 142 valence electrons. The summed E-state index contributed by atoms with van der Waals surface area (Å²) in [5.41, 5.74) is 2.93. The van der Waals surface area contributed by atoms with Crippen LogP contribution < -0.4 is 0 Å². The van der Waals surface area contributed by atoms with Crippen molar-refractivity contribution in [1.29, 1.82) is 0 Å². The minimum absolute atomic E-state index is 0.270. The Bertz CT molecular complexity index is 1140. The molecule has 0 spiro atoms. The topological polar surface area (TPSA) is 45.0 Å². The fourth-order valence-electron chi connectivity index (χ4n) is 2.80. The molecule has 0 atom stereocenters. The van der Waals surface area contributed by atoms with Gasteiger partial charge in [0.15, 0.2) is 5.84 Å². The highest BCUT2D eigenvalue weighted by Crippen LogP contribution is 2.25. The summed E-state index contributed by atoms with van der Waals surface area (Å²) >= 11 is 6.93. The molecule has 1 aliphatic rings. The number of halogens is 2. The second-order valence-corrected chi connectivity index (χ2v) is 8.04. The number of amidine groups is 1. The largest absolute Gasteiger partial charge is 0.298 e. The van der Waals surface area contributed by atoms with E-state index in [1.165, 1.54) is 5.01 Å². The van der Waals surface area contributed by atoms with Gasteiger partial charge in [-0.2, -0.15) is 10.1 Å². The number of hydrazone groups is 1. The quantitative estimate of drug-likeness (QED) is 0.321. The summed E-state index contributed by atoms with van der Waals surface area (Å²) in [5.74, 6) is 0.232. The molecule has 4 rings (SSSR count). The molecule has 0 radical (unpaired) electrons. The first kappa shape index (κ1) is 19.5. The van der Waals surface area contributed by atoms with Gasteiger partial charge in [0.25, 0.3) is 5.91 Å². The number of aliphatic imine (C=N–C) groups is 1. The Balaban J connectivity index is 1.73. The molecule has 0 aliphatic carbocycles. The number of carbonyl (C=O) groups is 1. The number of carbonyl (C=O) groups excluding carboxylic acids is 1. The normalized spacial score (nSPS) is 15.4. The molecule has 0 N–H and O–H groups in total. The van der Waals surface area contributed by atoms with Gasteiger partial charge in [-0.25, -0.2) is 4.99 Å². The van der Waals surface area contributed by atoms with Crippen LogP contribution in [0.2, 0.25) is 0 Å². The van der Waals surface area contributed by atoms with Crippen LogP contribution in [0.1, 0.15) is 16.7 Å². The third kappa shape index (κ3) is 4.44. The first-order valence-corrected chi connectivity index (χ1v) is 10.4. The van der Waals surface area contributed by atoms with E-state index in [0.717, 1.165) is 25.6 Å². The molecule has 0 unspecified atom stereocenters. The Morgan fingerprint density at radius 1 is 0.862 bits per heavy atom. The van der Waals surface area contributed by atoms with Gasteiger partial charge < -0.3 is 0 Å². The van der Waals surface area contributed by atoms with Crippen LogP contribution in [0.5, 0.6) is 0 Å². The minimum atomic E-state index is -0.270. The lowest BCUT2D eigenvalue weighted by atomic mass is 10.2. The number of rotatable bonds is 4. The van der Waals surface area contributed by atoms with E-state index in [1.807, 2.05) is 78.9 Å². The van der Waals surface area contributed by atoms with Crippen molar-refractivity contribution >= 4 is 55.9 Å². The van der Waals surface area contributed by atoms with Crippen LogP contribution in [0, 0.1) is 0 Å². The van der Waals surface area contributed by atoms with E-state index in [1.54, 1.807) is 12.3 Å². The van der Waals surface area contributed by atoms with E-state index >= 15 is 0 Å². The van der Waals surface area contributed by atoms with Crippen LogP contribution in [0.4, 0.5) is 0 Å². The Hall–Kier alpha value is -2.83. The number of benzene rings is 3. The number of hydrogen-bond acceptors (Lipinski definition) is 3. The predicted molar refractivity (Wildman–Crippen MR) is 124 cm³/mol. The fourth-order valence-corrected chi connectivity index (χ4v) is 3.47. The Labute approximate surface area is 185 Å². The molecule has 0 fully saturated rings. The molecule has 1 aliphatic heterocycles. The molecule has 29 heavy (non-hydrogen) atoms. The number of hydrogen-bond donors (Lipinski definition) is 0. The summed E-state index contributed by atoms with van der Waals surface area (Å²) in [6, 6.07) is 25.0. The number of amides is 1. The predicted octanol–water partition coefficient (Wildman–Crippen LogP) is 5.88. The van der Waals surface area contributed by atoms with E-state index in [4.69, 9.17) is 0 Å². The SMILES string of the molecule is O=C1/C(=C\c2ccccc2Br)N=C(c2ccccc2)N1/N=C/c1ccc(Br)cc1. The molecule has 0 saturated heterocycles. The molecule has 1 heterocycles. The fraction of sp³-hybridized carbons (Fsp3) is 0. The van der Waals surface area contributed by atoms with Crippen molar-refractivity contribution in [3.8, 4) is 0 Å². The van der Waals surface area contributed by atoms with Crippen molar-refractivity contribution in [1.82, 2.24) is 5.01 Å². The first-order chi connectivity index (χ1) is 14.1. The third-order valence-corrected chi connectivity index (χ3v) is 5.51. The van der Waals surface area contributed by atoms with Gasteiger partial charge in [0.2, 0.25) is 0 Å².